The normalized spacial score (nSPS) is 24.4. The second-order valence-electron chi connectivity index (χ2n) is 7.51. The summed E-state index contributed by atoms with van der Waals surface area (Å²) in [5, 5.41) is 3.52. The molecule has 0 aromatic rings. The van der Waals surface area contributed by atoms with Crippen LogP contribution < -0.4 is 5.32 Å². The average Bonchev–Trinajstić information content (AvgIpc) is 3.10. The molecule has 0 radical (unpaired) electrons. The van der Waals surface area contributed by atoms with Crippen molar-refractivity contribution in [3.63, 3.8) is 0 Å². The van der Waals surface area contributed by atoms with Crippen molar-refractivity contribution < 1.29 is 4.74 Å². The minimum Gasteiger partial charge on any atom is -0.381 e. The van der Waals surface area contributed by atoms with Crippen molar-refractivity contribution >= 4 is 5.96 Å². The Balaban J connectivity index is 2.05. The molecule has 2 saturated heterocycles. The molecule has 0 spiro atoms. The largest absolute Gasteiger partial charge is 0.381 e. The van der Waals surface area contributed by atoms with Gasteiger partial charge >= 0.3 is 0 Å². The van der Waals surface area contributed by atoms with E-state index in [1.54, 1.807) is 0 Å². The Hall–Kier alpha value is -0.850. The van der Waals surface area contributed by atoms with Crippen LogP contribution in [-0.4, -0.2) is 98.8 Å². The number of nitrogens with zero attached hydrogens (tertiary/aromatic N) is 4. The third-order valence-corrected chi connectivity index (χ3v) is 6.02. The molecular formula is C19H39N5O. The predicted octanol–water partition coefficient (Wildman–Crippen LogP) is 1.48. The molecule has 6 heteroatoms. The van der Waals surface area contributed by atoms with Gasteiger partial charge in [0.05, 0.1) is 6.54 Å². The van der Waals surface area contributed by atoms with Gasteiger partial charge in [0.2, 0.25) is 0 Å². The summed E-state index contributed by atoms with van der Waals surface area (Å²) in [4.78, 5) is 12.5. The maximum absolute atomic E-state index is 5.59. The number of aliphatic imine (C=N–C) groups is 1. The highest BCUT2D eigenvalue weighted by molar-refractivity contribution is 5.80. The number of guanidine groups is 1. The van der Waals surface area contributed by atoms with Crippen molar-refractivity contribution in [2.24, 2.45) is 4.99 Å². The van der Waals surface area contributed by atoms with E-state index in [4.69, 9.17) is 9.73 Å². The van der Waals surface area contributed by atoms with Gasteiger partial charge in [0, 0.05) is 44.4 Å². The molecule has 2 aliphatic rings. The van der Waals surface area contributed by atoms with E-state index in [2.05, 4.69) is 54.9 Å². The van der Waals surface area contributed by atoms with Crippen molar-refractivity contribution in [3.8, 4) is 0 Å². The lowest BCUT2D eigenvalue weighted by Gasteiger charge is -2.42. The quantitative estimate of drug-likeness (QED) is 0.555. The monoisotopic (exact) mass is 353 g/mol. The molecule has 6 nitrogen and oxygen atoms in total. The van der Waals surface area contributed by atoms with Gasteiger partial charge in [-0.05, 0) is 53.4 Å². The van der Waals surface area contributed by atoms with Gasteiger partial charge in [-0.25, -0.2) is 0 Å². The smallest absolute Gasteiger partial charge is 0.194 e. The zero-order chi connectivity index (χ0) is 18.3. The molecule has 0 amide bonds. The summed E-state index contributed by atoms with van der Waals surface area (Å²) < 4.78 is 5.59. The lowest BCUT2D eigenvalue weighted by molar-refractivity contribution is -0.00263. The average molecular weight is 354 g/mol. The number of likely N-dealkylation sites (tertiary alicyclic amines) is 1. The van der Waals surface area contributed by atoms with Crippen LogP contribution in [0.25, 0.3) is 0 Å². The van der Waals surface area contributed by atoms with E-state index in [-0.39, 0.29) is 5.54 Å². The van der Waals surface area contributed by atoms with Crippen molar-refractivity contribution in [2.75, 3.05) is 66.6 Å². The van der Waals surface area contributed by atoms with Gasteiger partial charge in [0.1, 0.15) is 0 Å². The van der Waals surface area contributed by atoms with Crippen molar-refractivity contribution in [3.05, 3.63) is 0 Å². The first-order valence-corrected chi connectivity index (χ1v) is 10.1. The number of nitrogens with one attached hydrogen (secondary N) is 1. The second kappa shape index (κ2) is 9.74. The first kappa shape index (κ1) is 20.5. The second-order valence-corrected chi connectivity index (χ2v) is 7.51. The summed E-state index contributed by atoms with van der Waals surface area (Å²) in [6.07, 6.45) is 3.36. The minimum absolute atomic E-state index is 0.136. The van der Waals surface area contributed by atoms with Crippen LogP contribution in [0.2, 0.25) is 0 Å². The molecule has 0 bridgehead atoms. The van der Waals surface area contributed by atoms with Crippen molar-refractivity contribution in [1.29, 1.82) is 0 Å². The number of hydrogen-bond donors (Lipinski definition) is 1. The molecule has 2 aliphatic heterocycles. The minimum atomic E-state index is 0.136. The van der Waals surface area contributed by atoms with Crippen LogP contribution >= 0.6 is 0 Å². The Morgan fingerprint density at radius 3 is 2.44 bits per heavy atom. The van der Waals surface area contributed by atoms with E-state index in [0.717, 1.165) is 71.3 Å². The van der Waals surface area contributed by atoms with E-state index < -0.39 is 0 Å². The lowest BCUT2D eigenvalue weighted by atomic mass is 9.89. The molecule has 0 saturated carbocycles. The predicted molar refractivity (Wildman–Crippen MR) is 105 cm³/mol. The van der Waals surface area contributed by atoms with Crippen molar-refractivity contribution in [1.82, 2.24) is 20.0 Å². The topological polar surface area (TPSA) is 43.3 Å². The van der Waals surface area contributed by atoms with Crippen LogP contribution in [0.4, 0.5) is 0 Å². The lowest BCUT2D eigenvalue weighted by Crippen LogP contribution is -2.52. The molecule has 146 valence electrons. The van der Waals surface area contributed by atoms with Gasteiger partial charge in [0.15, 0.2) is 5.96 Å². The Labute approximate surface area is 154 Å². The molecule has 1 unspecified atom stereocenters. The van der Waals surface area contributed by atoms with Gasteiger partial charge in [-0.15, -0.1) is 0 Å². The third-order valence-electron chi connectivity index (χ3n) is 6.02. The van der Waals surface area contributed by atoms with E-state index in [1.165, 1.54) is 6.42 Å². The molecular weight excluding hydrogens is 314 g/mol. The van der Waals surface area contributed by atoms with Crippen LogP contribution in [-0.2, 0) is 4.74 Å². The maximum Gasteiger partial charge on any atom is 0.194 e. The number of likely N-dealkylation sites (N-methyl/N-ethyl adjacent to an activating group) is 2. The molecule has 2 fully saturated rings. The first-order chi connectivity index (χ1) is 12.1. The van der Waals surface area contributed by atoms with Crippen LogP contribution in [0.15, 0.2) is 4.99 Å². The van der Waals surface area contributed by atoms with E-state index in [1.807, 2.05) is 0 Å². The third kappa shape index (κ3) is 5.08. The highest BCUT2D eigenvalue weighted by Crippen LogP contribution is 2.26. The molecule has 0 aromatic carbocycles. The molecule has 0 aromatic heterocycles. The zero-order valence-electron chi connectivity index (χ0n) is 17.1. The highest BCUT2D eigenvalue weighted by Gasteiger charge is 2.35. The summed E-state index contributed by atoms with van der Waals surface area (Å²) in [5.74, 6) is 1.09. The highest BCUT2D eigenvalue weighted by atomic mass is 16.5. The molecule has 2 heterocycles. The Kier molecular flexibility index (Phi) is 7.97. The summed E-state index contributed by atoms with van der Waals surface area (Å²) in [6, 6.07) is 0.657. The van der Waals surface area contributed by atoms with Gasteiger partial charge < -0.3 is 19.9 Å². The van der Waals surface area contributed by atoms with Crippen LogP contribution in [0.3, 0.4) is 0 Å². The fourth-order valence-electron chi connectivity index (χ4n) is 4.12. The molecule has 2 rings (SSSR count). The maximum atomic E-state index is 5.59. The fraction of sp³-hybridized carbons (Fsp3) is 0.947. The molecule has 1 N–H and O–H groups in total. The zero-order valence-corrected chi connectivity index (χ0v) is 17.1. The first-order valence-electron chi connectivity index (χ1n) is 10.1. The van der Waals surface area contributed by atoms with E-state index in [0.29, 0.717) is 6.04 Å². The fourth-order valence-corrected chi connectivity index (χ4v) is 4.12. The molecule has 1 atom stereocenters. The Morgan fingerprint density at radius 1 is 1.20 bits per heavy atom. The summed E-state index contributed by atoms with van der Waals surface area (Å²) in [5.41, 5.74) is 0.136. The van der Waals surface area contributed by atoms with Crippen LogP contribution in [0.1, 0.15) is 40.0 Å². The Bertz CT molecular complexity index is 416. The van der Waals surface area contributed by atoms with Crippen LogP contribution in [0.5, 0.6) is 0 Å². The standard InChI is InChI=1S/C19H39N5O/c1-6-20-18(24-12-9-17(15-24)23(7-2)8-3)21-16-19(22(4)5)10-13-25-14-11-19/h17H,6-16H2,1-5H3,(H,20,21). The Morgan fingerprint density at radius 2 is 1.88 bits per heavy atom. The van der Waals surface area contributed by atoms with E-state index in [9.17, 15) is 0 Å². The molecule has 0 aliphatic carbocycles. The van der Waals surface area contributed by atoms with Gasteiger partial charge in [-0.1, -0.05) is 13.8 Å². The van der Waals surface area contributed by atoms with Gasteiger partial charge in [0.25, 0.3) is 0 Å². The summed E-state index contributed by atoms with van der Waals surface area (Å²) in [7, 11) is 4.36. The molecule has 25 heavy (non-hydrogen) atoms. The van der Waals surface area contributed by atoms with E-state index >= 15 is 0 Å². The van der Waals surface area contributed by atoms with Crippen LogP contribution in [0, 0.1) is 0 Å². The van der Waals surface area contributed by atoms with Gasteiger partial charge in [-0.2, -0.15) is 0 Å². The van der Waals surface area contributed by atoms with Gasteiger partial charge in [-0.3, -0.25) is 9.89 Å². The van der Waals surface area contributed by atoms with Crippen molar-refractivity contribution in [2.45, 2.75) is 51.6 Å². The SMILES string of the molecule is CCNC(=NCC1(N(C)C)CCOCC1)N1CCC(N(CC)CC)C1. The number of ether oxygens (including phenoxy) is 1. The number of hydrogen-bond acceptors (Lipinski definition) is 4. The summed E-state index contributed by atoms with van der Waals surface area (Å²) >= 11 is 0. The summed E-state index contributed by atoms with van der Waals surface area (Å²) in [6.45, 7) is 14.6. The number of rotatable bonds is 7.